The molecule has 0 aromatic rings. The van der Waals surface area contributed by atoms with Crippen LogP contribution >= 0.6 is 0 Å². The lowest BCUT2D eigenvalue weighted by atomic mass is 9.90. The Hall–Kier alpha value is -5.57. The Bertz CT molecular complexity index is 2320. The number of aliphatic imine (C=N–C) groups is 3. The predicted octanol–water partition coefficient (Wildman–Crippen LogP) is 11.0. The van der Waals surface area contributed by atoms with Gasteiger partial charge in [-0.1, -0.05) is 55.4 Å². The molecule has 9 heteroatoms. The molecule has 0 amide bonds. The highest BCUT2D eigenvalue weighted by Crippen LogP contribution is 2.48. The average Bonchev–Trinajstić information content (AvgIpc) is 3.94. The normalized spacial score (nSPS) is 22.6. The Kier molecular flexibility index (Phi) is 13.2. The number of methoxy groups -OCH3 is 1. The molecule has 3 atom stereocenters. The van der Waals surface area contributed by atoms with E-state index in [0.717, 1.165) is 82.8 Å². The molecule has 1 aliphatic carbocycles. The van der Waals surface area contributed by atoms with Crippen LogP contribution in [0.15, 0.2) is 154 Å². The first-order valence-electron chi connectivity index (χ1n) is 21.0. The van der Waals surface area contributed by atoms with E-state index in [1.807, 2.05) is 39.0 Å². The Labute approximate surface area is 350 Å². The van der Waals surface area contributed by atoms with Gasteiger partial charge in [0.15, 0.2) is 0 Å². The van der Waals surface area contributed by atoms with E-state index in [-0.39, 0.29) is 36.6 Å². The molecule has 0 saturated carbocycles. The zero-order valence-corrected chi connectivity index (χ0v) is 36.6. The molecule has 1 saturated heterocycles. The summed E-state index contributed by atoms with van der Waals surface area (Å²) in [5, 5.41) is 15.5. The lowest BCUT2D eigenvalue weighted by molar-refractivity contribution is -0.144. The SMILES string of the molecule is C=CC1=C(C)C2=CC3=NC(=C4C5=NC(=C(C)C5=C(O)[C@@H]4C(=O)OC)C=C4NC(=CC1=N2)[C@H](C)[C@H]4CC)C(CCC(=O)OC/C=C(\C)CC/C=C(\C)CCC=C(C)C)=C3C. The van der Waals surface area contributed by atoms with E-state index in [2.05, 4.69) is 77.7 Å². The van der Waals surface area contributed by atoms with Crippen LogP contribution in [0.2, 0.25) is 0 Å². The summed E-state index contributed by atoms with van der Waals surface area (Å²) in [6.45, 7) is 23.1. The molecule has 1 fully saturated rings. The minimum atomic E-state index is -1.13. The fourth-order valence-electron chi connectivity index (χ4n) is 8.70. The van der Waals surface area contributed by atoms with Crippen molar-refractivity contribution in [2.45, 2.75) is 107 Å². The lowest BCUT2D eigenvalue weighted by Gasteiger charge is -2.15. The Morgan fingerprint density at radius 1 is 0.881 bits per heavy atom. The number of hydrogen-bond donors (Lipinski definition) is 2. The summed E-state index contributed by atoms with van der Waals surface area (Å²) in [6, 6.07) is 0. The van der Waals surface area contributed by atoms with E-state index in [0.29, 0.717) is 40.4 Å². The van der Waals surface area contributed by atoms with E-state index in [4.69, 9.17) is 24.5 Å². The summed E-state index contributed by atoms with van der Waals surface area (Å²) in [4.78, 5) is 42.3. The third kappa shape index (κ3) is 8.75. The van der Waals surface area contributed by atoms with Gasteiger partial charge in [-0.15, -0.1) is 0 Å². The number of carbonyl (C=O) groups is 2. The molecule has 0 aromatic carbocycles. The quantitative estimate of drug-likeness (QED) is 0.133. The second-order valence-corrected chi connectivity index (χ2v) is 16.6. The molecular formula is C50H60N4O5. The molecule has 0 unspecified atom stereocenters. The number of aliphatic hydroxyl groups excluding tert-OH is 1. The summed E-state index contributed by atoms with van der Waals surface area (Å²) in [5.41, 5.74) is 15.2. The van der Waals surface area contributed by atoms with Crippen LogP contribution in [-0.2, 0) is 19.1 Å². The van der Waals surface area contributed by atoms with Gasteiger partial charge in [0.25, 0.3) is 0 Å². The summed E-state index contributed by atoms with van der Waals surface area (Å²) in [6.07, 6.45) is 19.8. The number of carbonyl (C=O) groups excluding carboxylic acids is 2. The number of ether oxygens (including phenoxy) is 2. The number of nitrogens with zero attached hydrogens (tertiary/aromatic N) is 3. The molecule has 6 rings (SSSR count). The minimum Gasteiger partial charge on any atom is -0.510 e. The molecule has 2 N–H and O–H groups in total. The smallest absolute Gasteiger partial charge is 0.321 e. The Morgan fingerprint density at radius 2 is 1.59 bits per heavy atom. The van der Waals surface area contributed by atoms with Crippen molar-refractivity contribution in [3.8, 4) is 0 Å². The first-order valence-corrected chi connectivity index (χ1v) is 21.0. The number of esters is 2. The van der Waals surface area contributed by atoms with Gasteiger partial charge in [-0.05, 0) is 134 Å². The van der Waals surface area contributed by atoms with Crippen molar-refractivity contribution in [3.63, 3.8) is 0 Å². The first kappa shape index (κ1) is 43.0. The van der Waals surface area contributed by atoms with E-state index in [1.165, 1.54) is 23.8 Å². The largest absolute Gasteiger partial charge is 0.510 e. The van der Waals surface area contributed by atoms with Crippen LogP contribution in [0.25, 0.3) is 0 Å². The number of nitrogens with one attached hydrogen (secondary N) is 1. The van der Waals surface area contributed by atoms with Crippen molar-refractivity contribution in [1.82, 2.24) is 5.32 Å². The van der Waals surface area contributed by atoms with Gasteiger partial charge in [0.1, 0.15) is 18.3 Å². The van der Waals surface area contributed by atoms with Gasteiger partial charge in [0.05, 0.1) is 41.3 Å². The second kappa shape index (κ2) is 18.1. The van der Waals surface area contributed by atoms with Crippen LogP contribution in [0, 0.1) is 17.8 Å². The van der Waals surface area contributed by atoms with Crippen molar-refractivity contribution in [2.24, 2.45) is 32.7 Å². The van der Waals surface area contributed by atoms with Crippen molar-refractivity contribution in [1.29, 1.82) is 0 Å². The maximum Gasteiger partial charge on any atom is 0.321 e. The molecule has 0 radical (unpaired) electrons. The van der Waals surface area contributed by atoms with Gasteiger partial charge < -0.3 is 19.9 Å². The number of allylic oxidation sites excluding steroid dienone is 17. The summed E-state index contributed by atoms with van der Waals surface area (Å²) < 4.78 is 11.0. The van der Waals surface area contributed by atoms with E-state index >= 15 is 0 Å². The maximum atomic E-state index is 13.6. The van der Waals surface area contributed by atoms with Crippen molar-refractivity contribution in [3.05, 3.63) is 139 Å². The van der Waals surface area contributed by atoms with Gasteiger partial charge >= 0.3 is 11.9 Å². The molecule has 9 nitrogen and oxygen atoms in total. The van der Waals surface area contributed by atoms with Gasteiger partial charge in [0.2, 0.25) is 0 Å². The van der Waals surface area contributed by atoms with Crippen LogP contribution in [0.3, 0.4) is 0 Å². The number of fused-ring (bicyclic) bond motifs is 5. The van der Waals surface area contributed by atoms with Crippen LogP contribution in [0.1, 0.15) is 107 Å². The van der Waals surface area contributed by atoms with Gasteiger partial charge in [-0.2, -0.15) is 0 Å². The van der Waals surface area contributed by atoms with Crippen LogP contribution < -0.4 is 5.32 Å². The standard InChI is InChI=1S/C50H60N4O5/c1-12-34-30(7)37-24-39-32(9)36(20-21-43(55)59-23-22-29(6)19-15-18-28(5)17-14-16-27(3)4)47(53-39)45-46(50(57)58-11)49(56)44-33(10)40(54-48(44)45)26-42-35(13-2)31(8)38(52-42)25-41(34)51-37/h12,16,18,22,24-26,31,35,46,52,56H,1,13-15,17,19-21,23H2,2-11H3/b28-18+,29-22+,37-24?,38-25?,42-26?,47-45?/t31-,35-,46-/m1/s1. The highest BCUT2D eigenvalue weighted by molar-refractivity contribution is 6.25. The van der Waals surface area contributed by atoms with Crippen molar-refractivity contribution >= 4 is 29.1 Å². The second-order valence-electron chi connectivity index (χ2n) is 16.6. The average molecular weight is 797 g/mol. The van der Waals surface area contributed by atoms with Crippen molar-refractivity contribution < 1.29 is 24.2 Å². The zero-order valence-electron chi connectivity index (χ0n) is 36.6. The molecule has 5 heterocycles. The molecule has 310 valence electrons. The molecule has 0 aromatic heterocycles. The van der Waals surface area contributed by atoms with E-state index in [9.17, 15) is 14.7 Å². The number of hydrogen-bond acceptors (Lipinski definition) is 9. The topological polar surface area (TPSA) is 122 Å². The monoisotopic (exact) mass is 796 g/mol. The van der Waals surface area contributed by atoms with Crippen LogP contribution in [-0.4, -0.2) is 47.9 Å². The molecule has 5 aliphatic heterocycles. The zero-order chi connectivity index (χ0) is 42.7. The summed E-state index contributed by atoms with van der Waals surface area (Å²) >= 11 is 0. The molecule has 6 aliphatic rings. The van der Waals surface area contributed by atoms with E-state index in [1.54, 1.807) is 0 Å². The fourth-order valence-corrected chi connectivity index (χ4v) is 8.70. The van der Waals surface area contributed by atoms with Gasteiger partial charge in [0, 0.05) is 46.4 Å². The van der Waals surface area contributed by atoms with Crippen molar-refractivity contribution in [2.75, 3.05) is 13.7 Å². The third-order valence-electron chi connectivity index (χ3n) is 12.3. The highest BCUT2D eigenvalue weighted by Gasteiger charge is 2.47. The fraction of sp³-hybridized carbons (Fsp3) is 0.420. The lowest BCUT2D eigenvalue weighted by Crippen LogP contribution is -2.21. The molecule has 8 bridgehead atoms. The number of aliphatic hydroxyl groups is 1. The predicted molar refractivity (Wildman–Crippen MR) is 239 cm³/mol. The summed E-state index contributed by atoms with van der Waals surface area (Å²) in [5.74, 6) is -1.78. The van der Waals surface area contributed by atoms with Gasteiger partial charge in [-0.3, -0.25) is 9.59 Å². The van der Waals surface area contributed by atoms with Gasteiger partial charge in [-0.25, -0.2) is 15.0 Å². The highest BCUT2D eigenvalue weighted by atomic mass is 16.5. The van der Waals surface area contributed by atoms with Crippen LogP contribution in [0.4, 0.5) is 0 Å². The van der Waals surface area contributed by atoms with E-state index < -0.39 is 11.9 Å². The Balaban J connectivity index is 1.34. The summed E-state index contributed by atoms with van der Waals surface area (Å²) in [7, 11) is 1.31. The maximum absolute atomic E-state index is 13.6. The first-order chi connectivity index (χ1) is 28.2. The molecular weight excluding hydrogens is 737 g/mol. The molecule has 59 heavy (non-hydrogen) atoms. The van der Waals surface area contributed by atoms with Crippen LogP contribution in [0.5, 0.6) is 0 Å². The third-order valence-corrected chi connectivity index (χ3v) is 12.3. The Morgan fingerprint density at radius 3 is 2.27 bits per heavy atom. The molecule has 0 spiro atoms. The minimum absolute atomic E-state index is 0.0945. The number of rotatable bonds is 14.